The van der Waals surface area contributed by atoms with Crippen LogP contribution in [0.4, 0.5) is 18.0 Å². The van der Waals surface area contributed by atoms with E-state index in [-0.39, 0.29) is 56.0 Å². The molecular weight excluding hydrogens is 437 g/mol. The van der Waals surface area contributed by atoms with Gasteiger partial charge in [0.2, 0.25) is 15.9 Å². The van der Waals surface area contributed by atoms with Crippen LogP contribution in [0.1, 0.15) is 32.3 Å². The lowest BCUT2D eigenvalue weighted by atomic mass is 10.2. The van der Waals surface area contributed by atoms with Crippen LogP contribution in [-0.2, 0) is 21.0 Å². The summed E-state index contributed by atoms with van der Waals surface area (Å²) in [6, 6.07) is 2.98. The Morgan fingerprint density at radius 3 is 2.19 bits per heavy atom. The third-order valence-corrected chi connectivity index (χ3v) is 6.91. The third kappa shape index (κ3) is 6.82. The van der Waals surface area contributed by atoms with Crippen LogP contribution < -0.4 is 10.6 Å². The summed E-state index contributed by atoms with van der Waals surface area (Å²) in [6.45, 7) is 4.29. The molecule has 0 radical (unpaired) electrons. The maximum Gasteiger partial charge on any atom is 0.416 e. The molecule has 8 nitrogen and oxygen atoms in total. The maximum atomic E-state index is 12.7. The number of halogens is 3. The van der Waals surface area contributed by atoms with Crippen LogP contribution in [0, 0.1) is 0 Å². The average Bonchev–Trinajstić information content (AvgIpc) is 2.73. The molecule has 1 atom stereocenters. The molecule has 31 heavy (non-hydrogen) atoms. The summed E-state index contributed by atoms with van der Waals surface area (Å²) in [7, 11) is -3.96. The largest absolute Gasteiger partial charge is 0.416 e. The van der Waals surface area contributed by atoms with Gasteiger partial charge < -0.3 is 15.5 Å². The predicted octanol–water partition coefficient (Wildman–Crippen LogP) is 2.03. The summed E-state index contributed by atoms with van der Waals surface area (Å²) in [5, 5.41) is 5.42. The van der Waals surface area contributed by atoms with Crippen LogP contribution in [0.3, 0.4) is 0 Å². The Hall–Kier alpha value is -2.34. The molecule has 1 aliphatic heterocycles. The van der Waals surface area contributed by atoms with E-state index in [1.165, 1.54) is 4.90 Å². The van der Waals surface area contributed by atoms with E-state index in [4.69, 9.17) is 0 Å². The first kappa shape index (κ1) is 24.9. The maximum absolute atomic E-state index is 12.7. The molecule has 1 unspecified atom stereocenters. The minimum atomic E-state index is -4.55. The second-order valence-corrected chi connectivity index (χ2v) is 9.21. The second kappa shape index (κ2) is 10.3. The van der Waals surface area contributed by atoms with E-state index in [0.717, 1.165) is 35.0 Å². The van der Waals surface area contributed by atoms with Crippen molar-refractivity contribution in [1.29, 1.82) is 0 Å². The van der Waals surface area contributed by atoms with Crippen molar-refractivity contribution in [3.05, 3.63) is 29.8 Å². The van der Waals surface area contributed by atoms with Crippen molar-refractivity contribution >= 4 is 22.0 Å². The highest BCUT2D eigenvalue weighted by molar-refractivity contribution is 7.89. The molecule has 1 fully saturated rings. The number of hydrogen-bond acceptors (Lipinski definition) is 4. The minimum Gasteiger partial charge on any atom is -0.354 e. The zero-order chi connectivity index (χ0) is 23.2. The Morgan fingerprint density at radius 2 is 1.68 bits per heavy atom. The number of hydrogen-bond donors (Lipinski definition) is 2. The van der Waals surface area contributed by atoms with Gasteiger partial charge in [0.05, 0.1) is 10.5 Å². The van der Waals surface area contributed by atoms with Gasteiger partial charge in [0.1, 0.15) is 0 Å². The Balaban J connectivity index is 1.84. The minimum absolute atomic E-state index is 0.0191. The fourth-order valence-corrected chi connectivity index (χ4v) is 4.36. The van der Waals surface area contributed by atoms with Gasteiger partial charge in [-0.3, -0.25) is 4.79 Å². The smallest absolute Gasteiger partial charge is 0.354 e. The van der Waals surface area contributed by atoms with Crippen molar-refractivity contribution < 1.29 is 31.2 Å². The molecule has 12 heteroatoms. The monoisotopic (exact) mass is 464 g/mol. The number of nitrogens with one attached hydrogen (secondary N) is 2. The van der Waals surface area contributed by atoms with Gasteiger partial charge in [0, 0.05) is 45.2 Å². The van der Waals surface area contributed by atoms with E-state index >= 15 is 0 Å². The highest BCUT2D eigenvalue weighted by Gasteiger charge is 2.33. The molecule has 174 valence electrons. The molecule has 0 saturated carbocycles. The molecule has 1 aliphatic rings. The molecule has 0 aliphatic carbocycles. The molecule has 0 spiro atoms. The van der Waals surface area contributed by atoms with E-state index in [1.807, 2.05) is 13.8 Å². The lowest BCUT2D eigenvalue weighted by Gasteiger charge is -2.34. The average molecular weight is 465 g/mol. The third-order valence-electron chi connectivity index (χ3n) is 4.99. The van der Waals surface area contributed by atoms with Crippen LogP contribution in [0.2, 0.25) is 0 Å². The number of nitrogens with zero attached hydrogens (tertiary/aromatic N) is 2. The fourth-order valence-electron chi connectivity index (χ4n) is 2.94. The number of alkyl halides is 3. The van der Waals surface area contributed by atoms with Crippen LogP contribution in [0.15, 0.2) is 29.2 Å². The molecule has 0 bridgehead atoms. The van der Waals surface area contributed by atoms with Crippen LogP contribution >= 0.6 is 0 Å². The van der Waals surface area contributed by atoms with E-state index < -0.39 is 27.8 Å². The topological polar surface area (TPSA) is 98.8 Å². The molecule has 2 N–H and O–H groups in total. The number of carbonyl (C=O) groups is 2. The molecular formula is C19H27F3N4O4S. The zero-order valence-electron chi connectivity index (χ0n) is 17.4. The zero-order valence-corrected chi connectivity index (χ0v) is 18.2. The number of benzene rings is 1. The summed E-state index contributed by atoms with van der Waals surface area (Å²) < 4.78 is 64.5. The summed E-state index contributed by atoms with van der Waals surface area (Å²) in [5.74, 6) is -0.165. The van der Waals surface area contributed by atoms with Gasteiger partial charge in [-0.25, -0.2) is 13.2 Å². The molecule has 1 aromatic carbocycles. The van der Waals surface area contributed by atoms with E-state index in [1.54, 1.807) is 0 Å². The first-order valence-electron chi connectivity index (χ1n) is 9.94. The van der Waals surface area contributed by atoms with E-state index in [2.05, 4.69) is 10.6 Å². The van der Waals surface area contributed by atoms with Gasteiger partial charge in [-0.05, 0) is 37.6 Å². The Labute approximate surface area is 179 Å². The first-order valence-corrected chi connectivity index (χ1v) is 11.4. The Morgan fingerprint density at radius 1 is 1.10 bits per heavy atom. The summed E-state index contributed by atoms with van der Waals surface area (Å²) >= 11 is 0. The molecule has 2 rings (SSSR count). The fraction of sp³-hybridized carbons (Fsp3) is 0.579. The van der Waals surface area contributed by atoms with Gasteiger partial charge >= 0.3 is 12.2 Å². The van der Waals surface area contributed by atoms with E-state index in [0.29, 0.717) is 0 Å². The highest BCUT2D eigenvalue weighted by atomic mass is 32.2. The molecule has 1 heterocycles. The number of rotatable bonds is 7. The van der Waals surface area contributed by atoms with Crippen molar-refractivity contribution in [3.8, 4) is 0 Å². The lowest BCUT2D eigenvalue weighted by Crippen LogP contribution is -2.53. The lowest BCUT2D eigenvalue weighted by molar-refractivity contribution is -0.137. The van der Waals surface area contributed by atoms with Gasteiger partial charge in [0.15, 0.2) is 0 Å². The van der Waals surface area contributed by atoms with Crippen molar-refractivity contribution in [3.63, 3.8) is 0 Å². The molecule has 1 aromatic rings. The number of piperazine rings is 1. The van der Waals surface area contributed by atoms with Crippen LogP contribution in [0.5, 0.6) is 0 Å². The second-order valence-electron chi connectivity index (χ2n) is 7.27. The highest BCUT2D eigenvalue weighted by Crippen LogP contribution is 2.30. The van der Waals surface area contributed by atoms with Crippen molar-refractivity contribution in [2.75, 3.05) is 32.7 Å². The molecule has 3 amide bonds. The number of urea groups is 1. The van der Waals surface area contributed by atoms with Crippen molar-refractivity contribution in [1.82, 2.24) is 19.8 Å². The Kier molecular flexibility index (Phi) is 8.29. The number of carbonyl (C=O) groups excluding carboxylic acids is 2. The number of sulfonamides is 1. The van der Waals surface area contributed by atoms with E-state index in [9.17, 15) is 31.2 Å². The van der Waals surface area contributed by atoms with Gasteiger partial charge in [-0.15, -0.1) is 0 Å². The van der Waals surface area contributed by atoms with Gasteiger partial charge in [-0.2, -0.15) is 17.5 Å². The van der Waals surface area contributed by atoms with Crippen molar-refractivity contribution in [2.24, 2.45) is 0 Å². The predicted molar refractivity (Wildman–Crippen MR) is 108 cm³/mol. The first-order chi connectivity index (χ1) is 14.4. The number of amides is 3. The summed E-state index contributed by atoms with van der Waals surface area (Å²) in [4.78, 5) is 25.2. The van der Waals surface area contributed by atoms with Crippen LogP contribution in [0.25, 0.3) is 0 Å². The SMILES string of the molecule is CCC(C)NC(=O)CCNC(=O)N1CCN(S(=O)(=O)c2ccc(C(F)(F)F)cc2)CC1. The molecule has 1 saturated heterocycles. The van der Waals surface area contributed by atoms with Gasteiger partial charge in [-0.1, -0.05) is 6.92 Å². The van der Waals surface area contributed by atoms with Crippen molar-refractivity contribution in [2.45, 2.75) is 43.8 Å². The van der Waals surface area contributed by atoms with Crippen LogP contribution in [-0.4, -0.2) is 68.3 Å². The Bertz CT molecular complexity index is 867. The summed E-state index contributed by atoms with van der Waals surface area (Å²) in [5.41, 5.74) is -0.925. The normalized spacial score (nSPS) is 16.6. The standard InChI is InChI=1S/C19H27F3N4O4S/c1-3-14(2)24-17(27)8-9-23-18(28)25-10-12-26(13-11-25)31(29,30)16-6-4-15(5-7-16)19(20,21)22/h4-7,14H,3,8-13H2,1-2H3,(H,23,28)(H,24,27). The van der Waals surface area contributed by atoms with Gasteiger partial charge in [0.25, 0.3) is 0 Å². The summed E-state index contributed by atoms with van der Waals surface area (Å²) in [6.07, 6.45) is -3.60. The molecule has 0 aromatic heterocycles. The quantitative estimate of drug-likeness (QED) is 0.645.